The zero-order valence-electron chi connectivity index (χ0n) is 11.9. The lowest BCUT2D eigenvalue weighted by Crippen LogP contribution is -2.36. The van der Waals surface area contributed by atoms with Crippen LogP contribution in [0.15, 0.2) is 29.6 Å². The highest BCUT2D eigenvalue weighted by Crippen LogP contribution is 2.47. The van der Waals surface area contributed by atoms with Crippen LogP contribution in [0.25, 0.3) is 10.1 Å². The highest BCUT2D eigenvalue weighted by Gasteiger charge is 2.37. The molecule has 0 amide bonds. The molecule has 1 aliphatic carbocycles. The summed E-state index contributed by atoms with van der Waals surface area (Å²) in [5.41, 5.74) is 8.40. The summed E-state index contributed by atoms with van der Waals surface area (Å²) >= 11 is 1.83. The van der Waals surface area contributed by atoms with Gasteiger partial charge in [0.25, 0.3) is 0 Å². The van der Waals surface area contributed by atoms with Gasteiger partial charge in [-0.05, 0) is 46.6 Å². The zero-order chi connectivity index (χ0) is 13.5. The monoisotopic (exact) mass is 273 g/mol. The SMILES string of the molecule is CC1(C)CCCCC1C(N)c1csc2ccccc12. The van der Waals surface area contributed by atoms with Crippen LogP contribution in [-0.4, -0.2) is 0 Å². The van der Waals surface area contributed by atoms with E-state index in [1.165, 1.54) is 41.3 Å². The standard InChI is InChI=1S/C17H23NS/c1-17(2)10-6-5-8-14(17)16(18)13-11-19-15-9-4-3-7-12(13)15/h3-4,7,9,11,14,16H,5-6,8,10,18H2,1-2H3. The van der Waals surface area contributed by atoms with Crippen LogP contribution in [0, 0.1) is 11.3 Å². The molecule has 1 heterocycles. The number of benzene rings is 1. The van der Waals surface area contributed by atoms with Gasteiger partial charge in [0.15, 0.2) is 0 Å². The third-order valence-electron chi connectivity index (χ3n) is 4.89. The van der Waals surface area contributed by atoms with Gasteiger partial charge in [-0.15, -0.1) is 11.3 Å². The van der Waals surface area contributed by atoms with Crippen molar-refractivity contribution in [3.05, 3.63) is 35.2 Å². The van der Waals surface area contributed by atoms with E-state index in [0.29, 0.717) is 11.3 Å². The zero-order valence-corrected chi connectivity index (χ0v) is 12.7. The van der Waals surface area contributed by atoms with Gasteiger partial charge in [-0.1, -0.05) is 44.9 Å². The first-order valence-corrected chi connectivity index (χ1v) is 8.19. The van der Waals surface area contributed by atoms with E-state index >= 15 is 0 Å². The number of nitrogens with two attached hydrogens (primary N) is 1. The summed E-state index contributed by atoms with van der Waals surface area (Å²) in [7, 11) is 0. The summed E-state index contributed by atoms with van der Waals surface area (Å²) in [6, 6.07) is 8.83. The summed E-state index contributed by atoms with van der Waals surface area (Å²) in [4.78, 5) is 0. The summed E-state index contributed by atoms with van der Waals surface area (Å²) in [6.45, 7) is 4.79. The Labute approximate surface area is 119 Å². The van der Waals surface area contributed by atoms with Gasteiger partial charge in [0, 0.05) is 10.7 Å². The normalized spacial score (nSPS) is 24.5. The fraction of sp³-hybridized carbons (Fsp3) is 0.529. The Morgan fingerprint density at radius 3 is 2.84 bits per heavy atom. The number of hydrogen-bond acceptors (Lipinski definition) is 2. The van der Waals surface area contributed by atoms with Crippen molar-refractivity contribution in [3.63, 3.8) is 0 Å². The fourth-order valence-corrected chi connectivity index (χ4v) is 4.67. The van der Waals surface area contributed by atoms with Crippen molar-refractivity contribution in [2.24, 2.45) is 17.1 Å². The first-order chi connectivity index (χ1) is 9.09. The molecule has 1 aromatic carbocycles. The molecule has 2 unspecified atom stereocenters. The van der Waals surface area contributed by atoms with E-state index in [0.717, 1.165) is 0 Å². The van der Waals surface area contributed by atoms with Crippen LogP contribution in [0.1, 0.15) is 51.1 Å². The van der Waals surface area contributed by atoms with Gasteiger partial charge in [0.2, 0.25) is 0 Å². The van der Waals surface area contributed by atoms with Crippen molar-refractivity contribution in [2.45, 2.75) is 45.6 Å². The lowest BCUT2D eigenvalue weighted by molar-refractivity contribution is 0.113. The third kappa shape index (κ3) is 2.32. The average Bonchev–Trinajstić information content (AvgIpc) is 2.81. The average molecular weight is 273 g/mol. The fourth-order valence-electron chi connectivity index (χ4n) is 3.66. The Bertz CT molecular complexity index is 569. The lowest BCUT2D eigenvalue weighted by atomic mass is 9.65. The molecule has 0 saturated heterocycles. The molecule has 19 heavy (non-hydrogen) atoms. The van der Waals surface area contributed by atoms with E-state index in [1.54, 1.807) is 0 Å². The number of fused-ring (bicyclic) bond motifs is 1. The maximum Gasteiger partial charge on any atom is 0.0346 e. The van der Waals surface area contributed by atoms with Gasteiger partial charge in [-0.2, -0.15) is 0 Å². The van der Waals surface area contributed by atoms with Crippen molar-refractivity contribution in [3.8, 4) is 0 Å². The van der Waals surface area contributed by atoms with Gasteiger partial charge in [-0.3, -0.25) is 0 Å². The molecule has 1 nitrogen and oxygen atoms in total. The Morgan fingerprint density at radius 1 is 1.26 bits per heavy atom. The molecule has 1 aliphatic rings. The first-order valence-electron chi connectivity index (χ1n) is 7.31. The summed E-state index contributed by atoms with van der Waals surface area (Å²) in [5.74, 6) is 0.610. The van der Waals surface area contributed by atoms with E-state index in [1.807, 2.05) is 11.3 Å². The molecular formula is C17H23NS. The molecule has 0 radical (unpaired) electrons. The number of rotatable bonds is 2. The molecule has 2 atom stereocenters. The lowest BCUT2D eigenvalue weighted by Gasteiger charge is -2.42. The van der Waals surface area contributed by atoms with E-state index in [2.05, 4.69) is 43.5 Å². The smallest absolute Gasteiger partial charge is 0.0346 e. The van der Waals surface area contributed by atoms with Crippen molar-refractivity contribution in [1.82, 2.24) is 0 Å². The Hall–Kier alpha value is -0.860. The van der Waals surface area contributed by atoms with E-state index in [-0.39, 0.29) is 6.04 Å². The molecule has 102 valence electrons. The van der Waals surface area contributed by atoms with Crippen LogP contribution < -0.4 is 5.73 Å². The summed E-state index contributed by atoms with van der Waals surface area (Å²) < 4.78 is 1.36. The van der Waals surface area contributed by atoms with Crippen LogP contribution in [0.2, 0.25) is 0 Å². The molecule has 1 aromatic heterocycles. The minimum Gasteiger partial charge on any atom is -0.324 e. The highest BCUT2D eigenvalue weighted by molar-refractivity contribution is 7.17. The number of hydrogen-bond donors (Lipinski definition) is 1. The van der Waals surface area contributed by atoms with Crippen molar-refractivity contribution in [2.75, 3.05) is 0 Å². The van der Waals surface area contributed by atoms with E-state index in [4.69, 9.17) is 5.73 Å². The molecule has 1 saturated carbocycles. The Balaban J connectivity index is 1.97. The van der Waals surface area contributed by atoms with Crippen LogP contribution in [0.4, 0.5) is 0 Å². The first kappa shape index (κ1) is 13.1. The molecule has 0 aliphatic heterocycles. The van der Waals surface area contributed by atoms with Gasteiger partial charge < -0.3 is 5.73 Å². The minimum atomic E-state index is 0.187. The summed E-state index contributed by atoms with van der Waals surface area (Å²) in [5, 5.41) is 3.64. The Morgan fingerprint density at radius 2 is 2.05 bits per heavy atom. The number of thiophene rings is 1. The highest BCUT2D eigenvalue weighted by atomic mass is 32.1. The third-order valence-corrected chi connectivity index (χ3v) is 5.88. The van der Waals surface area contributed by atoms with Crippen molar-refractivity contribution < 1.29 is 0 Å². The van der Waals surface area contributed by atoms with Crippen LogP contribution in [0.5, 0.6) is 0 Å². The molecule has 2 N–H and O–H groups in total. The van der Waals surface area contributed by atoms with Crippen molar-refractivity contribution >= 4 is 21.4 Å². The second kappa shape index (κ2) is 4.92. The topological polar surface area (TPSA) is 26.0 Å². The molecule has 1 fully saturated rings. The van der Waals surface area contributed by atoms with Gasteiger partial charge in [0.05, 0.1) is 0 Å². The molecule has 0 spiro atoms. The molecular weight excluding hydrogens is 250 g/mol. The Kier molecular flexibility index (Phi) is 3.40. The van der Waals surface area contributed by atoms with Crippen LogP contribution in [-0.2, 0) is 0 Å². The van der Waals surface area contributed by atoms with Gasteiger partial charge in [-0.25, -0.2) is 0 Å². The van der Waals surface area contributed by atoms with Crippen molar-refractivity contribution in [1.29, 1.82) is 0 Å². The predicted molar refractivity (Wildman–Crippen MR) is 84.5 cm³/mol. The van der Waals surface area contributed by atoms with Crippen LogP contribution >= 0.6 is 11.3 Å². The van der Waals surface area contributed by atoms with Crippen LogP contribution in [0.3, 0.4) is 0 Å². The quantitative estimate of drug-likeness (QED) is 0.807. The second-order valence-corrected chi connectivity index (χ2v) is 7.47. The molecule has 2 heteroatoms. The molecule has 2 aromatic rings. The van der Waals surface area contributed by atoms with E-state index < -0.39 is 0 Å². The maximum atomic E-state index is 6.66. The maximum absolute atomic E-state index is 6.66. The molecule has 0 bridgehead atoms. The minimum absolute atomic E-state index is 0.187. The summed E-state index contributed by atoms with van der Waals surface area (Å²) in [6.07, 6.45) is 5.29. The van der Waals surface area contributed by atoms with Gasteiger partial charge in [0.1, 0.15) is 0 Å². The van der Waals surface area contributed by atoms with E-state index in [9.17, 15) is 0 Å². The second-order valence-electron chi connectivity index (χ2n) is 6.55. The largest absolute Gasteiger partial charge is 0.324 e. The predicted octanol–water partition coefficient (Wildman–Crippen LogP) is 5.12. The molecule has 3 rings (SSSR count). The van der Waals surface area contributed by atoms with Gasteiger partial charge >= 0.3 is 0 Å².